The second-order valence-electron chi connectivity index (χ2n) is 32.6. The number of ether oxygens (including phenoxy) is 1. The van der Waals surface area contributed by atoms with E-state index in [-0.39, 0.29) is 78.4 Å². The lowest BCUT2D eigenvalue weighted by molar-refractivity contribution is 0.0979. The summed E-state index contributed by atoms with van der Waals surface area (Å²) in [6.45, 7) is 18.2. The number of ketones is 3. The Morgan fingerprint density at radius 1 is 0.463 bits per heavy atom. The number of pyridine rings is 3. The molecular weight excluding hydrogens is 1650 g/mol. The highest BCUT2D eigenvalue weighted by Crippen LogP contribution is 2.50. The number of nitrogens with two attached hydrogens (primary N) is 4. The summed E-state index contributed by atoms with van der Waals surface area (Å²) < 4.78 is 128. The van der Waals surface area contributed by atoms with E-state index in [1.165, 1.54) is 52.7 Å². The Morgan fingerprint density at radius 2 is 0.862 bits per heavy atom. The molecule has 123 heavy (non-hydrogen) atoms. The zero-order valence-corrected chi connectivity index (χ0v) is 72.8. The minimum absolute atomic E-state index is 0.0157. The maximum atomic E-state index is 13.2. The van der Waals surface area contributed by atoms with Crippen LogP contribution in [-0.2, 0) is 107 Å². The first-order chi connectivity index (χ1) is 58.1. The molecule has 9 aromatic rings. The maximum absolute atomic E-state index is 13.2. The van der Waals surface area contributed by atoms with Crippen molar-refractivity contribution in [3.63, 3.8) is 0 Å². The third kappa shape index (κ3) is 16.4. The second kappa shape index (κ2) is 33.3. The molecule has 642 valence electrons. The molecule has 8 atom stereocenters. The summed E-state index contributed by atoms with van der Waals surface area (Å²) in [5, 5.41) is -2.91. The number of sulfonamides is 4. The average molecular weight is 1750 g/mol. The van der Waals surface area contributed by atoms with Crippen molar-refractivity contribution in [3.05, 3.63) is 253 Å². The lowest BCUT2D eigenvalue weighted by atomic mass is 9.84. The fourth-order valence-corrected chi connectivity index (χ4v) is 25.3. The quantitative estimate of drug-likeness (QED) is 0.0698. The SMILES string of the molecule is CN1C(N)=N[C@]2(C)c3cc(CC(=O)c4ccc(F)cn4)ccc3CCC[C@H]2S1(=O)=O.Cc1cnc(C(=O)Cc2ccc3c(c2)[C@@]2(C)N=C(N)N(C)S(=O)(=O)[C@@H]2CCC3)cn1.Cc1cnc2c(Cc3ccc4c(c3)[C@@]3(C)N=C(N)N(C)S(=O)(=O)[C@H]3CCO4)nccc2n1.[C-]#[N+]c1ccc(C(=O)Cc2ccc3c(c2)[C@@]2(C)N=C(N)N(C)S(=O)(=O)[C@H]2CCC3)nc1. The number of nitrogens with zero attached hydrogens (tertiary/aromatic N) is 16. The van der Waals surface area contributed by atoms with Crippen LogP contribution in [0.15, 0.2) is 160 Å². The van der Waals surface area contributed by atoms with Crippen LogP contribution >= 0.6 is 0 Å². The number of guanidine groups is 4. The molecule has 4 aromatic carbocycles. The Kier molecular flexibility index (Phi) is 23.6. The number of halogens is 1. The molecule has 0 fully saturated rings. The van der Waals surface area contributed by atoms with Gasteiger partial charge in [-0.1, -0.05) is 66.7 Å². The van der Waals surface area contributed by atoms with Crippen molar-refractivity contribution in [1.82, 2.24) is 52.1 Å². The van der Waals surface area contributed by atoms with Gasteiger partial charge >= 0.3 is 0 Å². The number of benzene rings is 4. The Hall–Kier alpha value is -12.1. The molecule has 8 N–H and O–H groups in total. The Balaban J connectivity index is 0.000000134. The molecule has 5 aromatic heterocycles. The summed E-state index contributed by atoms with van der Waals surface area (Å²) in [5.74, 6) is -0.560. The van der Waals surface area contributed by atoms with Gasteiger partial charge in [0.25, 0.3) is 0 Å². The monoisotopic (exact) mass is 1750 g/mol. The molecule has 0 amide bonds. The van der Waals surface area contributed by atoms with Crippen LogP contribution in [0.2, 0.25) is 0 Å². The first kappa shape index (κ1) is 87.2. The highest BCUT2D eigenvalue weighted by Gasteiger charge is 2.56. The van der Waals surface area contributed by atoms with E-state index in [9.17, 15) is 52.4 Å². The number of Topliss-reactive ketones (excluding diaryl/α,β-unsaturated/α-hetero) is 3. The van der Waals surface area contributed by atoms with Crippen LogP contribution in [-0.4, -0.2) is 183 Å². The fourth-order valence-electron chi connectivity index (χ4n) is 17.7. The van der Waals surface area contributed by atoms with Gasteiger partial charge in [-0.15, -0.1) is 0 Å². The van der Waals surface area contributed by atoms with Crippen LogP contribution < -0.4 is 27.7 Å². The van der Waals surface area contributed by atoms with Gasteiger partial charge in [-0.3, -0.25) is 39.3 Å². The molecule has 17 rings (SSSR count). The van der Waals surface area contributed by atoms with Gasteiger partial charge in [-0.25, -0.2) is 90.1 Å². The van der Waals surface area contributed by atoms with E-state index in [1.807, 2.05) is 113 Å². The van der Waals surface area contributed by atoms with Gasteiger partial charge in [0.1, 0.15) is 77.3 Å². The van der Waals surface area contributed by atoms with Crippen LogP contribution in [0.3, 0.4) is 0 Å². The van der Waals surface area contributed by atoms with E-state index in [0.717, 1.165) is 139 Å². The zero-order valence-electron chi connectivity index (χ0n) is 69.6. The lowest BCUT2D eigenvalue weighted by Gasteiger charge is -2.41. The maximum Gasteiger partial charge on any atom is 0.242 e. The van der Waals surface area contributed by atoms with Gasteiger partial charge in [0.15, 0.2) is 17.3 Å². The van der Waals surface area contributed by atoms with E-state index >= 15 is 0 Å². The molecule has 10 heterocycles. The molecule has 5 aliphatic heterocycles. The van der Waals surface area contributed by atoms with Crippen molar-refractivity contribution < 1.29 is 57.2 Å². The van der Waals surface area contributed by atoms with E-state index < -0.39 is 89.1 Å². The third-order valence-corrected chi connectivity index (χ3v) is 34.1. The first-order valence-electron chi connectivity index (χ1n) is 40.0. The van der Waals surface area contributed by atoms with Crippen molar-refractivity contribution in [2.75, 3.05) is 34.8 Å². The normalized spacial score (nSPS) is 24.6. The molecular formula is C86H95FN20O12S4. The smallest absolute Gasteiger partial charge is 0.242 e. The van der Waals surface area contributed by atoms with Crippen LogP contribution in [0.5, 0.6) is 5.75 Å². The van der Waals surface area contributed by atoms with E-state index in [1.54, 1.807) is 37.6 Å². The molecule has 0 saturated carbocycles. The number of fused-ring (bicyclic) bond motifs is 13. The largest absolute Gasteiger partial charge is 0.493 e. The first-order valence-corrected chi connectivity index (χ1v) is 46.0. The van der Waals surface area contributed by atoms with E-state index in [0.29, 0.717) is 61.2 Å². The van der Waals surface area contributed by atoms with Gasteiger partial charge in [-0.2, -0.15) is 0 Å². The summed E-state index contributed by atoms with van der Waals surface area (Å²) in [6, 6.07) is 30.5. The number of aromatic nitrogens is 7. The van der Waals surface area contributed by atoms with Gasteiger partial charge in [0.2, 0.25) is 69.6 Å². The average Bonchev–Trinajstić information content (AvgIpc) is 1.73. The Morgan fingerprint density at radius 3 is 1.28 bits per heavy atom. The summed E-state index contributed by atoms with van der Waals surface area (Å²) in [5.41, 5.74) is 34.3. The number of aryl methyl sites for hydroxylation is 5. The highest BCUT2D eigenvalue weighted by molar-refractivity contribution is 7.91. The summed E-state index contributed by atoms with van der Waals surface area (Å²) in [4.78, 5) is 89.6. The predicted molar refractivity (Wildman–Crippen MR) is 463 cm³/mol. The Labute approximate surface area is 713 Å². The number of aliphatic imine (C=N–C) groups is 4. The molecule has 0 radical (unpaired) electrons. The third-order valence-electron chi connectivity index (χ3n) is 24.6. The number of carbonyl (C=O) groups excluding carboxylic acids is 3. The molecule has 3 aliphatic carbocycles. The minimum Gasteiger partial charge on any atom is -0.493 e. The highest BCUT2D eigenvalue weighted by atomic mass is 32.2. The molecule has 0 bridgehead atoms. The minimum atomic E-state index is -3.67. The molecule has 0 saturated heterocycles. The van der Waals surface area contributed by atoms with Crippen LogP contribution in [0, 0.1) is 26.2 Å². The molecule has 0 spiro atoms. The van der Waals surface area contributed by atoms with Crippen molar-refractivity contribution >= 4 is 98.0 Å². The van der Waals surface area contributed by atoms with Crippen molar-refractivity contribution in [3.8, 4) is 5.75 Å². The van der Waals surface area contributed by atoms with E-state index in [2.05, 4.69) is 59.7 Å². The van der Waals surface area contributed by atoms with E-state index in [4.69, 9.17) is 34.2 Å². The summed E-state index contributed by atoms with van der Waals surface area (Å²) in [6.07, 6.45) is 15.9. The molecule has 37 heteroatoms. The second-order valence-corrected chi connectivity index (χ2v) is 41.2. The lowest BCUT2D eigenvalue weighted by Crippen LogP contribution is -2.56. The van der Waals surface area contributed by atoms with Crippen molar-refractivity contribution in [1.29, 1.82) is 0 Å². The van der Waals surface area contributed by atoms with Crippen LogP contribution in [0.1, 0.15) is 182 Å². The molecule has 32 nitrogen and oxygen atoms in total. The van der Waals surface area contributed by atoms with Gasteiger partial charge < -0.3 is 27.7 Å². The standard InChI is InChI=1S/C22H24N6O3S.C22H23N5O3S.C21H23FN4O3S.C21H25N5O3S/c1-13-12-25-20-16(26-13)6-8-24-17(20)11-14-4-5-18-15(10-14)22(2)19(7-9-31-18)32(29,30)28(3)21(23)27-22;1-22-17-11-14(12-19(28)18-10-9-16(24-2)13-25-18)7-8-15(17)5-4-6-20(22)31(29,30)27(3)21(23)26-22;1-21-16-10-13(11-18(27)17-9-8-15(22)12-24-17)6-7-14(16)4-3-5-19(21)30(28,29)26(2)20(23)25-21;1-13-11-24-17(12-23-13)18(27)10-14-7-8-15-5-4-6-19-21(2,16(15)9-14)25-20(22)26(3)30(19,28)29/h4-6,8,10,12,19H,7,9,11H2,1-3H3,(H2,23,27);7-11,13,20H,4-6,12H2,1,3H3,(H2,23,26);6-10,12,19H,3-5,11H2,1-2H3,(H2,23,25);7-9,11-12,19H,4-6,10H2,1-3H3,(H2,22,25)/t19-,22+;20-,22+;2*19-,21-/m0011/s1. The Bertz CT molecular complexity index is 6260. The van der Waals surface area contributed by atoms with Crippen LogP contribution in [0.25, 0.3) is 15.9 Å². The predicted octanol–water partition coefficient (Wildman–Crippen LogP) is 8.32. The topological polar surface area (TPSA) is 458 Å². The number of carbonyl (C=O) groups is 3. The van der Waals surface area contributed by atoms with Crippen molar-refractivity contribution in [2.24, 2.45) is 42.9 Å². The van der Waals surface area contributed by atoms with Crippen molar-refractivity contribution in [2.45, 2.75) is 175 Å². The zero-order chi connectivity index (χ0) is 88.4. The van der Waals surface area contributed by atoms with Gasteiger partial charge in [0, 0.05) is 90.6 Å². The fraction of sp³-hybridized carbons (Fsp3) is 0.384. The van der Waals surface area contributed by atoms with Gasteiger partial charge in [0.05, 0.1) is 48.2 Å². The summed E-state index contributed by atoms with van der Waals surface area (Å²) >= 11 is 0. The molecule has 0 unspecified atom stereocenters. The number of rotatable bonds is 11. The molecule has 8 aliphatic rings. The van der Waals surface area contributed by atoms with Crippen LogP contribution in [0.4, 0.5) is 10.1 Å². The summed E-state index contributed by atoms with van der Waals surface area (Å²) in [7, 11) is -8.87. The number of hydrogen-bond acceptors (Lipinski definition) is 27. The van der Waals surface area contributed by atoms with Gasteiger partial charge in [-0.05, 0) is 191 Å². The number of hydrogen-bond donors (Lipinski definition) is 4.